The minimum Gasteiger partial charge on any atom is -0.494 e. The van der Waals surface area contributed by atoms with E-state index in [0.717, 1.165) is 22.0 Å². The van der Waals surface area contributed by atoms with Crippen LogP contribution in [0.1, 0.15) is 31.4 Å². The second kappa shape index (κ2) is 16.6. The summed E-state index contributed by atoms with van der Waals surface area (Å²) in [7, 11) is -4.38. The Hall–Kier alpha value is -4.12. The Bertz CT molecular complexity index is 1740. The fraction of sp³-hybridized carbons (Fsp3) is 0.257. The molecule has 0 bridgehead atoms. The molecule has 4 aromatic rings. The highest BCUT2D eigenvalue weighted by Gasteiger charge is 2.35. The van der Waals surface area contributed by atoms with Crippen molar-refractivity contribution in [3.05, 3.63) is 124 Å². The van der Waals surface area contributed by atoms with E-state index in [-0.39, 0.29) is 33.6 Å². The molecular formula is C35H36Cl2FN3O5S. The van der Waals surface area contributed by atoms with Crippen molar-refractivity contribution in [3.8, 4) is 5.75 Å². The average Bonchev–Trinajstić information content (AvgIpc) is 3.06. The van der Waals surface area contributed by atoms with Gasteiger partial charge in [-0.05, 0) is 79.6 Å². The number of hydrogen-bond donors (Lipinski definition) is 1. The van der Waals surface area contributed by atoms with Crippen LogP contribution in [0.4, 0.5) is 10.1 Å². The largest absolute Gasteiger partial charge is 0.494 e. The van der Waals surface area contributed by atoms with Crippen molar-refractivity contribution in [2.24, 2.45) is 0 Å². The van der Waals surface area contributed by atoms with Gasteiger partial charge in [0.1, 0.15) is 24.2 Å². The van der Waals surface area contributed by atoms with Crippen LogP contribution in [0.25, 0.3) is 0 Å². The first kappa shape index (κ1) is 35.7. The molecule has 0 unspecified atom stereocenters. The van der Waals surface area contributed by atoms with Gasteiger partial charge in [-0.2, -0.15) is 0 Å². The first-order chi connectivity index (χ1) is 22.5. The average molecular weight is 701 g/mol. The van der Waals surface area contributed by atoms with E-state index < -0.39 is 40.2 Å². The summed E-state index contributed by atoms with van der Waals surface area (Å²) in [5.74, 6) is -1.23. The number of anilines is 1. The number of hydrogen-bond acceptors (Lipinski definition) is 5. The Kier molecular flexibility index (Phi) is 12.6. The number of halogens is 3. The van der Waals surface area contributed by atoms with Gasteiger partial charge in [0.05, 0.1) is 17.2 Å². The van der Waals surface area contributed by atoms with E-state index >= 15 is 0 Å². The molecule has 248 valence electrons. The molecule has 0 aliphatic heterocycles. The van der Waals surface area contributed by atoms with E-state index in [0.29, 0.717) is 30.9 Å². The van der Waals surface area contributed by atoms with E-state index in [1.165, 1.54) is 41.3 Å². The molecule has 1 N–H and O–H groups in total. The van der Waals surface area contributed by atoms with Gasteiger partial charge >= 0.3 is 0 Å². The van der Waals surface area contributed by atoms with Crippen LogP contribution in [-0.4, -0.2) is 50.9 Å². The summed E-state index contributed by atoms with van der Waals surface area (Å²) in [6, 6.07) is 23.6. The Labute approximate surface area is 285 Å². The Morgan fingerprint density at radius 2 is 1.51 bits per heavy atom. The van der Waals surface area contributed by atoms with Crippen LogP contribution in [0.3, 0.4) is 0 Å². The molecule has 0 heterocycles. The van der Waals surface area contributed by atoms with E-state index in [9.17, 15) is 22.4 Å². The summed E-state index contributed by atoms with van der Waals surface area (Å²) in [6.45, 7) is 3.58. The zero-order valence-electron chi connectivity index (χ0n) is 26.0. The van der Waals surface area contributed by atoms with Gasteiger partial charge in [-0.1, -0.05) is 66.5 Å². The Morgan fingerprint density at radius 1 is 0.872 bits per heavy atom. The molecule has 0 saturated carbocycles. The van der Waals surface area contributed by atoms with Crippen molar-refractivity contribution in [3.63, 3.8) is 0 Å². The van der Waals surface area contributed by atoms with Crippen LogP contribution < -0.4 is 14.4 Å². The Morgan fingerprint density at radius 3 is 2.11 bits per heavy atom. The number of carbonyl (C=O) groups excluding carboxylic acids is 2. The lowest BCUT2D eigenvalue weighted by atomic mass is 10.0. The number of benzene rings is 4. The van der Waals surface area contributed by atoms with Crippen molar-refractivity contribution in [1.82, 2.24) is 10.2 Å². The number of nitrogens with one attached hydrogen (secondary N) is 1. The molecule has 0 aliphatic carbocycles. The van der Waals surface area contributed by atoms with Gasteiger partial charge in [-0.25, -0.2) is 12.8 Å². The minimum absolute atomic E-state index is 0.0550. The van der Waals surface area contributed by atoms with Crippen LogP contribution in [0.15, 0.2) is 102 Å². The second-order valence-electron chi connectivity index (χ2n) is 10.6. The standard InChI is InChI=1S/C35H36Cl2FN3O5S/c1-3-21-39-35(43)33(22-25-9-6-5-7-10-25)40(23-30-31(36)11-8-12-32(30)37)34(42)24-41(27-15-13-26(38)14-16-27)47(44,45)29-19-17-28(18-20-29)46-4-2/h5-20,33H,3-4,21-24H2,1-2H3,(H,39,43)/t33-/m0/s1. The summed E-state index contributed by atoms with van der Waals surface area (Å²) in [5, 5.41) is 3.44. The lowest BCUT2D eigenvalue weighted by Crippen LogP contribution is -2.53. The maximum Gasteiger partial charge on any atom is 0.264 e. The van der Waals surface area contributed by atoms with Crippen molar-refractivity contribution < 1.29 is 27.1 Å². The maximum atomic E-state index is 14.5. The highest BCUT2D eigenvalue weighted by atomic mass is 35.5. The van der Waals surface area contributed by atoms with Gasteiger partial charge < -0.3 is 15.0 Å². The number of ether oxygens (including phenoxy) is 1. The number of nitrogens with zero attached hydrogens (tertiary/aromatic N) is 2. The zero-order valence-corrected chi connectivity index (χ0v) is 28.4. The molecule has 1 atom stereocenters. The smallest absolute Gasteiger partial charge is 0.264 e. The summed E-state index contributed by atoms with van der Waals surface area (Å²) >= 11 is 13.1. The third-order valence-corrected chi connectivity index (χ3v) is 9.82. The lowest BCUT2D eigenvalue weighted by molar-refractivity contribution is -0.140. The number of sulfonamides is 1. The third kappa shape index (κ3) is 9.24. The SMILES string of the molecule is CCCNC(=O)[C@H](Cc1ccccc1)N(Cc1c(Cl)cccc1Cl)C(=O)CN(c1ccc(F)cc1)S(=O)(=O)c1ccc(OCC)cc1. The molecular weight excluding hydrogens is 664 g/mol. The molecule has 0 fully saturated rings. The highest BCUT2D eigenvalue weighted by molar-refractivity contribution is 7.92. The van der Waals surface area contributed by atoms with Crippen LogP contribution in [0, 0.1) is 5.82 Å². The Balaban J connectivity index is 1.81. The first-order valence-corrected chi connectivity index (χ1v) is 17.3. The molecule has 8 nitrogen and oxygen atoms in total. The molecule has 12 heteroatoms. The molecule has 4 aromatic carbocycles. The number of rotatable bonds is 15. The van der Waals surface area contributed by atoms with Gasteiger partial charge in [-0.3, -0.25) is 13.9 Å². The van der Waals surface area contributed by atoms with Crippen molar-refractivity contribution in [2.75, 3.05) is 24.0 Å². The third-order valence-electron chi connectivity index (χ3n) is 7.33. The quantitative estimate of drug-likeness (QED) is 0.146. The topological polar surface area (TPSA) is 96.0 Å². The van der Waals surface area contributed by atoms with Crippen LogP contribution >= 0.6 is 23.2 Å². The van der Waals surface area contributed by atoms with Crippen LogP contribution in [0.5, 0.6) is 5.75 Å². The molecule has 0 aliphatic rings. The fourth-order valence-electron chi connectivity index (χ4n) is 4.91. The van der Waals surface area contributed by atoms with Crippen LogP contribution in [-0.2, 0) is 32.6 Å². The monoisotopic (exact) mass is 699 g/mol. The molecule has 0 saturated heterocycles. The van der Waals surface area contributed by atoms with E-state index in [2.05, 4.69) is 5.32 Å². The molecule has 47 heavy (non-hydrogen) atoms. The molecule has 2 amide bonds. The molecule has 0 spiro atoms. The normalized spacial score (nSPS) is 11.9. The highest BCUT2D eigenvalue weighted by Crippen LogP contribution is 2.29. The maximum absolute atomic E-state index is 14.5. The number of carbonyl (C=O) groups is 2. The van der Waals surface area contributed by atoms with Gasteiger partial charge in [0.2, 0.25) is 11.8 Å². The van der Waals surface area contributed by atoms with Crippen molar-refractivity contribution >= 4 is 50.7 Å². The zero-order chi connectivity index (χ0) is 34.0. The van der Waals surface area contributed by atoms with Gasteiger partial charge in [0.25, 0.3) is 10.0 Å². The van der Waals surface area contributed by atoms with Gasteiger partial charge in [0, 0.05) is 35.1 Å². The molecule has 0 radical (unpaired) electrons. The minimum atomic E-state index is -4.38. The van der Waals surface area contributed by atoms with Gasteiger partial charge in [-0.15, -0.1) is 0 Å². The second-order valence-corrected chi connectivity index (χ2v) is 13.3. The fourth-order valence-corrected chi connectivity index (χ4v) is 6.84. The predicted octanol–water partition coefficient (Wildman–Crippen LogP) is 6.89. The lowest BCUT2D eigenvalue weighted by Gasteiger charge is -2.34. The number of amides is 2. The van der Waals surface area contributed by atoms with E-state index in [4.69, 9.17) is 27.9 Å². The summed E-state index contributed by atoms with van der Waals surface area (Å²) in [6.07, 6.45) is 0.791. The van der Waals surface area contributed by atoms with Crippen molar-refractivity contribution in [1.29, 1.82) is 0 Å². The summed E-state index contributed by atoms with van der Waals surface area (Å²) < 4.78 is 48.6. The summed E-state index contributed by atoms with van der Waals surface area (Å²) in [5.41, 5.74) is 1.23. The van der Waals surface area contributed by atoms with Crippen LogP contribution in [0.2, 0.25) is 10.0 Å². The first-order valence-electron chi connectivity index (χ1n) is 15.1. The predicted molar refractivity (Wildman–Crippen MR) is 183 cm³/mol. The van der Waals surface area contributed by atoms with Crippen molar-refractivity contribution in [2.45, 2.75) is 44.2 Å². The van der Waals surface area contributed by atoms with Gasteiger partial charge in [0.15, 0.2) is 0 Å². The van der Waals surface area contributed by atoms with E-state index in [1.54, 1.807) is 18.2 Å². The van der Waals surface area contributed by atoms with E-state index in [1.807, 2.05) is 44.2 Å². The molecule has 0 aromatic heterocycles. The summed E-state index contributed by atoms with van der Waals surface area (Å²) in [4.78, 5) is 29.5. The molecule has 4 rings (SSSR count).